The van der Waals surface area contributed by atoms with Gasteiger partial charge in [0.25, 0.3) is 0 Å². The number of H-pyrrole nitrogens is 1. The van der Waals surface area contributed by atoms with Gasteiger partial charge in [-0.2, -0.15) is 4.98 Å². The molecule has 0 bridgehead atoms. The Labute approximate surface area is 298 Å². The van der Waals surface area contributed by atoms with Gasteiger partial charge in [0.1, 0.15) is 5.65 Å². The highest BCUT2D eigenvalue weighted by Gasteiger charge is 2.31. The lowest BCUT2D eigenvalue weighted by atomic mass is 9.89. The van der Waals surface area contributed by atoms with Crippen molar-refractivity contribution in [3.8, 4) is 16.9 Å². The molecule has 2 aliphatic rings. The van der Waals surface area contributed by atoms with Gasteiger partial charge in [0.2, 0.25) is 0 Å². The van der Waals surface area contributed by atoms with E-state index in [9.17, 15) is 4.79 Å². The molecule has 2 aromatic carbocycles. The van der Waals surface area contributed by atoms with Gasteiger partial charge < -0.3 is 20.8 Å². The van der Waals surface area contributed by atoms with Crippen LogP contribution >= 0.6 is 11.6 Å². The third kappa shape index (κ3) is 8.81. The third-order valence-electron chi connectivity index (χ3n) is 10.1. The Kier molecular flexibility index (Phi) is 12.0. The molecule has 4 aromatic rings. The lowest BCUT2D eigenvalue weighted by Crippen LogP contribution is -2.48. The molecule has 0 saturated carbocycles. The van der Waals surface area contributed by atoms with Crippen LogP contribution in [0.1, 0.15) is 69.5 Å². The fraction of sp³-hybridized carbons (Fsp3) is 0.500. The van der Waals surface area contributed by atoms with Crippen LogP contribution < -0.4 is 16.7 Å². The first kappa shape index (κ1) is 36.2. The van der Waals surface area contributed by atoms with E-state index in [-0.39, 0.29) is 17.1 Å². The molecule has 5 N–H and O–H groups in total. The summed E-state index contributed by atoms with van der Waals surface area (Å²) in [5.41, 5.74) is 9.64. The molecular formula is C38H50ClFN8O2. The molecule has 12 heteroatoms. The number of nitrogens with one attached hydrogen (secondary N) is 3. The Morgan fingerprint density at radius 2 is 1.96 bits per heavy atom. The predicted octanol–water partition coefficient (Wildman–Crippen LogP) is 6.05. The first-order valence-corrected chi connectivity index (χ1v) is 18.4. The third-order valence-corrected chi connectivity index (χ3v) is 10.4. The minimum Gasteiger partial charge on any atom is -0.379 e. The van der Waals surface area contributed by atoms with Crippen molar-refractivity contribution in [2.75, 3.05) is 45.9 Å². The van der Waals surface area contributed by atoms with Gasteiger partial charge in [0, 0.05) is 68.0 Å². The summed E-state index contributed by atoms with van der Waals surface area (Å²) in [4.78, 5) is 25.9. The molecule has 50 heavy (non-hydrogen) atoms. The zero-order chi connectivity index (χ0) is 35.2. The van der Waals surface area contributed by atoms with Gasteiger partial charge in [0.15, 0.2) is 5.82 Å². The maximum absolute atomic E-state index is 15.3. The van der Waals surface area contributed by atoms with Gasteiger partial charge >= 0.3 is 5.69 Å². The van der Waals surface area contributed by atoms with Crippen LogP contribution in [0.4, 0.5) is 4.39 Å². The molecule has 268 valence electrons. The molecule has 4 heterocycles. The zero-order valence-electron chi connectivity index (χ0n) is 29.2. The van der Waals surface area contributed by atoms with Gasteiger partial charge in [-0.3, -0.25) is 19.8 Å². The van der Waals surface area contributed by atoms with Crippen LogP contribution in [0.25, 0.3) is 28.0 Å². The lowest BCUT2D eigenvalue weighted by Gasteiger charge is -2.44. The number of aromatic nitrogens is 3. The number of likely N-dealkylation sites (tertiary alicyclic amines) is 1. The maximum atomic E-state index is 15.3. The predicted molar refractivity (Wildman–Crippen MR) is 199 cm³/mol. The second-order valence-corrected chi connectivity index (χ2v) is 14.3. The van der Waals surface area contributed by atoms with E-state index in [1.807, 2.05) is 31.2 Å². The van der Waals surface area contributed by atoms with Crippen LogP contribution in [-0.2, 0) is 11.2 Å². The Hall–Kier alpha value is -3.61. The van der Waals surface area contributed by atoms with Crippen molar-refractivity contribution < 1.29 is 9.13 Å². The highest BCUT2D eigenvalue weighted by atomic mass is 35.5. The standard InChI is InChI=1S/C38H50ClFN8O2/c1-25(41)5-3-6-27-21-32(36(40)33(39)22-27)34-23-29-24-48(38(49)45-37(29)44-34)31-11-9-28(10-12-31)35-8-4-7-30(13-14-43-26(2)42)47(35)16-15-46-17-19-50-20-18-46/h9-12,21-25,30,35H,3-8,13-20,41H2,1-2H3,(H2,42,43)(H,44,45,49). The molecule has 0 aliphatic carbocycles. The molecule has 6 rings (SSSR count). The maximum Gasteiger partial charge on any atom is 0.354 e. The van der Waals surface area contributed by atoms with E-state index in [4.69, 9.17) is 27.5 Å². The molecule has 2 fully saturated rings. The summed E-state index contributed by atoms with van der Waals surface area (Å²) in [6.45, 7) is 10.0. The Bertz CT molecular complexity index is 1820. The number of nitrogens with two attached hydrogens (primary N) is 1. The molecule has 2 aromatic heterocycles. The van der Waals surface area contributed by atoms with Crippen LogP contribution in [0.2, 0.25) is 5.02 Å². The number of aromatic amines is 1. The SMILES string of the molecule is CC(=N)NCCC1CCCC(c2ccc(-n3cc4cc(-c5cc(CCCC(C)N)cc(Cl)c5F)[nH]c4nc3=O)cc2)N1CCN1CCOCC1. The number of morpholine rings is 1. The van der Waals surface area contributed by atoms with Crippen LogP contribution in [0, 0.1) is 11.2 Å². The summed E-state index contributed by atoms with van der Waals surface area (Å²) in [5, 5.41) is 11.8. The van der Waals surface area contributed by atoms with Crippen molar-refractivity contribution >= 4 is 28.5 Å². The molecular weight excluding hydrogens is 655 g/mol. The van der Waals surface area contributed by atoms with Gasteiger partial charge in [-0.25, -0.2) is 9.18 Å². The number of ether oxygens (including phenoxy) is 1. The number of piperidine rings is 1. The summed E-state index contributed by atoms with van der Waals surface area (Å²) in [7, 11) is 0. The van der Waals surface area contributed by atoms with Crippen molar-refractivity contribution in [1.82, 2.24) is 29.7 Å². The summed E-state index contributed by atoms with van der Waals surface area (Å²) in [6, 6.07) is 14.3. The number of nitrogens with zero attached hydrogens (tertiary/aromatic N) is 4. The minimum absolute atomic E-state index is 0.0617. The quantitative estimate of drug-likeness (QED) is 0.0986. The van der Waals surface area contributed by atoms with E-state index >= 15 is 4.39 Å². The normalized spacial score (nSPS) is 19.5. The topological polar surface area (TPSA) is 128 Å². The van der Waals surface area contributed by atoms with E-state index in [0.29, 0.717) is 34.2 Å². The number of halogens is 2. The Morgan fingerprint density at radius 1 is 1.18 bits per heavy atom. The second kappa shape index (κ2) is 16.6. The van der Waals surface area contributed by atoms with Gasteiger partial charge in [0.05, 0.1) is 35.5 Å². The molecule has 2 aliphatic heterocycles. The molecule has 10 nitrogen and oxygen atoms in total. The molecule has 3 unspecified atom stereocenters. The summed E-state index contributed by atoms with van der Waals surface area (Å²) in [6.07, 6.45) is 8.59. The smallest absolute Gasteiger partial charge is 0.354 e. The van der Waals surface area contributed by atoms with E-state index < -0.39 is 11.5 Å². The average Bonchev–Trinajstić information content (AvgIpc) is 3.51. The molecule has 2 saturated heterocycles. The van der Waals surface area contributed by atoms with Gasteiger partial charge in [-0.1, -0.05) is 23.7 Å². The zero-order valence-corrected chi connectivity index (χ0v) is 29.9. The average molecular weight is 705 g/mol. The molecule has 0 radical (unpaired) electrons. The van der Waals surface area contributed by atoms with E-state index in [2.05, 4.69) is 37.2 Å². The number of rotatable bonds is 13. The van der Waals surface area contributed by atoms with Crippen LogP contribution in [0.3, 0.4) is 0 Å². The van der Waals surface area contributed by atoms with Crippen molar-refractivity contribution in [2.24, 2.45) is 5.73 Å². The number of fused-ring (bicyclic) bond motifs is 1. The number of hydrogen-bond donors (Lipinski definition) is 4. The first-order valence-electron chi connectivity index (χ1n) is 18.0. The molecule has 0 amide bonds. The second-order valence-electron chi connectivity index (χ2n) is 13.9. The molecule has 3 atom stereocenters. The minimum atomic E-state index is -0.509. The number of hydrogen-bond acceptors (Lipinski definition) is 7. The van der Waals surface area contributed by atoms with E-state index in [1.54, 1.807) is 23.8 Å². The Balaban J connectivity index is 1.23. The van der Waals surface area contributed by atoms with Gasteiger partial charge in [-0.15, -0.1) is 0 Å². The highest BCUT2D eigenvalue weighted by molar-refractivity contribution is 6.31. The lowest BCUT2D eigenvalue weighted by molar-refractivity contribution is 0.0179. The summed E-state index contributed by atoms with van der Waals surface area (Å²) in [5.74, 6) is -0.00819. The van der Waals surface area contributed by atoms with Crippen LogP contribution in [0.5, 0.6) is 0 Å². The molecule has 0 spiro atoms. The van der Waals surface area contributed by atoms with Crippen molar-refractivity contribution in [1.29, 1.82) is 5.41 Å². The van der Waals surface area contributed by atoms with Crippen molar-refractivity contribution in [3.05, 3.63) is 81.1 Å². The van der Waals surface area contributed by atoms with Crippen molar-refractivity contribution in [3.63, 3.8) is 0 Å². The first-order chi connectivity index (χ1) is 24.2. The number of benzene rings is 2. The highest BCUT2D eigenvalue weighted by Crippen LogP contribution is 2.36. The van der Waals surface area contributed by atoms with E-state index in [0.717, 1.165) is 102 Å². The van der Waals surface area contributed by atoms with E-state index in [1.165, 1.54) is 5.56 Å². The summed E-state index contributed by atoms with van der Waals surface area (Å²) >= 11 is 6.31. The number of amidine groups is 1. The fourth-order valence-electron chi connectivity index (χ4n) is 7.44. The Morgan fingerprint density at radius 3 is 2.70 bits per heavy atom. The summed E-state index contributed by atoms with van der Waals surface area (Å²) < 4.78 is 22.4. The van der Waals surface area contributed by atoms with Gasteiger partial charge in [-0.05, 0) is 100 Å². The van der Waals surface area contributed by atoms with Crippen LogP contribution in [0.15, 0.2) is 53.5 Å². The fourth-order valence-corrected chi connectivity index (χ4v) is 7.68. The van der Waals surface area contributed by atoms with Crippen LogP contribution in [-0.4, -0.2) is 88.2 Å². The monoisotopic (exact) mass is 704 g/mol. The largest absolute Gasteiger partial charge is 0.379 e. The number of aryl methyl sites for hydroxylation is 1. The van der Waals surface area contributed by atoms with Crippen molar-refractivity contribution in [2.45, 2.75) is 76.9 Å².